The molecule has 20 heavy (non-hydrogen) atoms. The van der Waals surface area contributed by atoms with Crippen LogP contribution in [0.15, 0.2) is 30.3 Å². The highest BCUT2D eigenvalue weighted by atomic mass is 16.4. The molecule has 0 radical (unpaired) electrons. The third-order valence-corrected chi connectivity index (χ3v) is 4.18. The molecule has 1 aromatic carbocycles. The lowest BCUT2D eigenvalue weighted by Crippen LogP contribution is -2.25. The SMILES string of the molecule is O=C(O)C(CC(=O)C1CCCCC1)Cc1ccccc1. The van der Waals surface area contributed by atoms with Crippen LogP contribution in [0.25, 0.3) is 0 Å². The zero-order chi connectivity index (χ0) is 14.4. The number of ketones is 1. The number of carboxylic acids is 1. The van der Waals surface area contributed by atoms with Crippen molar-refractivity contribution in [3.8, 4) is 0 Å². The number of hydrogen-bond donors (Lipinski definition) is 1. The minimum absolute atomic E-state index is 0.0985. The van der Waals surface area contributed by atoms with Gasteiger partial charge in [0.05, 0.1) is 5.92 Å². The lowest BCUT2D eigenvalue weighted by molar-refractivity contribution is -0.144. The summed E-state index contributed by atoms with van der Waals surface area (Å²) in [6, 6.07) is 9.54. The molecule has 0 aromatic heterocycles. The van der Waals surface area contributed by atoms with Crippen LogP contribution in [0.4, 0.5) is 0 Å². The van der Waals surface area contributed by atoms with Gasteiger partial charge in [-0.3, -0.25) is 9.59 Å². The second kappa shape index (κ2) is 7.22. The number of Topliss-reactive ketones (excluding diaryl/α,β-unsaturated/α-hetero) is 1. The monoisotopic (exact) mass is 274 g/mol. The first-order valence-electron chi connectivity index (χ1n) is 7.46. The van der Waals surface area contributed by atoms with E-state index in [9.17, 15) is 14.7 Å². The van der Waals surface area contributed by atoms with Gasteiger partial charge in [-0.15, -0.1) is 0 Å². The highest BCUT2D eigenvalue weighted by Crippen LogP contribution is 2.27. The van der Waals surface area contributed by atoms with Crippen LogP contribution >= 0.6 is 0 Å². The Bertz CT molecular complexity index is 447. The van der Waals surface area contributed by atoms with Crippen molar-refractivity contribution in [2.24, 2.45) is 11.8 Å². The van der Waals surface area contributed by atoms with E-state index in [0.717, 1.165) is 31.2 Å². The van der Waals surface area contributed by atoms with Crippen molar-refractivity contribution in [2.45, 2.75) is 44.9 Å². The van der Waals surface area contributed by atoms with Crippen molar-refractivity contribution in [3.63, 3.8) is 0 Å². The first kappa shape index (κ1) is 14.8. The van der Waals surface area contributed by atoms with Crippen molar-refractivity contribution in [1.29, 1.82) is 0 Å². The number of aliphatic carboxylic acids is 1. The summed E-state index contributed by atoms with van der Waals surface area (Å²) in [6.45, 7) is 0. The molecule has 1 aliphatic rings. The van der Waals surface area contributed by atoms with Crippen LogP contribution in [0.5, 0.6) is 0 Å². The quantitative estimate of drug-likeness (QED) is 0.864. The van der Waals surface area contributed by atoms with Crippen LogP contribution in [0.1, 0.15) is 44.1 Å². The summed E-state index contributed by atoms with van der Waals surface area (Å²) in [7, 11) is 0. The lowest BCUT2D eigenvalue weighted by atomic mass is 9.82. The fourth-order valence-electron chi connectivity index (χ4n) is 2.98. The van der Waals surface area contributed by atoms with E-state index in [2.05, 4.69) is 0 Å². The standard InChI is InChI=1S/C17H22O3/c18-16(14-9-5-2-6-10-14)12-15(17(19)20)11-13-7-3-1-4-8-13/h1,3-4,7-8,14-15H,2,5-6,9-12H2,(H,19,20). The maximum Gasteiger partial charge on any atom is 0.307 e. The molecule has 1 aromatic rings. The summed E-state index contributed by atoms with van der Waals surface area (Å²) in [4.78, 5) is 23.6. The van der Waals surface area contributed by atoms with Crippen molar-refractivity contribution in [2.75, 3.05) is 0 Å². The Labute approximate surface area is 120 Å². The Morgan fingerprint density at radius 2 is 1.75 bits per heavy atom. The predicted octanol–water partition coefficient (Wildman–Crippen LogP) is 3.47. The zero-order valence-corrected chi connectivity index (χ0v) is 11.8. The van der Waals surface area contributed by atoms with Crippen LogP contribution in [-0.4, -0.2) is 16.9 Å². The van der Waals surface area contributed by atoms with E-state index >= 15 is 0 Å². The number of rotatable bonds is 6. The minimum atomic E-state index is -0.863. The molecule has 3 heteroatoms. The lowest BCUT2D eigenvalue weighted by Gasteiger charge is -2.22. The van der Waals surface area contributed by atoms with Gasteiger partial charge in [0.25, 0.3) is 0 Å². The summed E-state index contributed by atoms with van der Waals surface area (Å²) in [5, 5.41) is 9.33. The van der Waals surface area contributed by atoms with E-state index in [1.165, 1.54) is 6.42 Å². The molecule has 0 heterocycles. The second-order valence-corrected chi connectivity index (χ2v) is 5.73. The maximum atomic E-state index is 12.2. The van der Waals surface area contributed by atoms with E-state index in [0.29, 0.717) is 6.42 Å². The van der Waals surface area contributed by atoms with Gasteiger partial charge in [-0.05, 0) is 24.8 Å². The highest BCUT2D eigenvalue weighted by molar-refractivity contribution is 5.85. The van der Waals surface area contributed by atoms with Gasteiger partial charge in [0.15, 0.2) is 0 Å². The maximum absolute atomic E-state index is 12.2. The van der Waals surface area contributed by atoms with Gasteiger partial charge in [0.1, 0.15) is 5.78 Å². The van der Waals surface area contributed by atoms with E-state index in [-0.39, 0.29) is 18.1 Å². The molecule has 1 saturated carbocycles. The van der Waals surface area contributed by atoms with Crippen LogP contribution in [-0.2, 0) is 16.0 Å². The van der Waals surface area contributed by atoms with Gasteiger partial charge in [-0.2, -0.15) is 0 Å². The Morgan fingerprint density at radius 3 is 2.35 bits per heavy atom. The fraction of sp³-hybridized carbons (Fsp3) is 0.529. The van der Waals surface area contributed by atoms with Crippen molar-refractivity contribution in [1.82, 2.24) is 0 Å². The molecular formula is C17H22O3. The Balaban J connectivity index is 1.95. The molecular weight excluding hydrogens is 252 g/mol. The Morgan fingerprint density at radius 1 is 1.10 bits per heavy atom. The number of carbonyl (C=O) groups excluding carboxylic acids is 1. The van der Waals surface area contributed by atoms with Crippen LogP contribution < -0.4 is 0 Å². The van der Waals surface area contributed by atoms with Gasteiger partial charge in [0.2, 0.25) is 0 Å². The first-order chi connectivity index (χ1) is 9.66. The predicted molar refractivity (Wildman–Crippen MR) is 77.5 cm³/mol. The van der Waals surface area contributed by atoms with E-state index < -0.39 is 11.9 Å². The molecule has 0 amide bonds. The van der Waals surface area contributed by atoms with Crippen molar-refractivity contribution < 1.29 is 14.7 Å². The van der Waals surface area contributed by atoms with Crippen LogP contribution in [0.3, 0.4) is 0 Å². The molecule has 0 spiro atoms. The van der Waals surface area contributed by atoms with Gasteiger partial charge in [-0.1, -0.05) is 49.6 Å². The van der Waals surface area contributed by atoms with E-state index in [1.807, 2.05) is 30.3 Å². The first-order valence-corrected chi connectivity index (χ1v) is 7.46. The van der Waals surface area contributed by atoms with Gasteiger partial charge in [0, 0.05) is 12.3 Å². The summed E-state index contributed by atoms with van der Waals surface area (Å²) in [6.07, 6.45) is 5.91. The molecule has 108 valence electrons. The summed E-state index contributed by atoms with van der Waals surface area (Å²) >= 11 is 0. The zero-order valence-electron chi connectivity index (χ0n) is 11.8. The average Bonchev–Trinajstić information content (AvgIpc) is 2.48. The Hall–Kier alpha value is -1.64. The summed E-state index contributed by atoms with van der Waals surface area (Å²) < 4.78 is 0. The van der Waals surface area contributed by atoms with Gasteiger partial charge < -0.3 is 5.11 Å². The molecule has 3 nitrogen and oxygen atoms in total. The van der Waals surface area contributed by atoms with Gasteiger partial charge in [-0.25, -0.2) is 0 Å². The fourth-order valence-corrected chi connectivity index (χ4v) is 2.98. The van der Waals surface area contributed by atoms with Crippen LogP contribution in [0, 0.1) is 11.8 Å². The smallest absolute Gasteiger partial charge is 0.307 e. The van der Waals surface area contributed by atoms with E-state index in [1.54, 1.807) is 0 Å². The highest BCUT2D eigenvalue weighted by Gasteiger charge is 2.27. The van der Waals surface area contributed by atoms with Gasteiger partial charge >= 0.3 is 5.97 Å². The molecule has 1 atom stereocenters. The summed E-state index contributed by atoms with van der Waals surface area (Å²) in [5.41, 5.74) is 0.983. The van der Waals surface area contributed by atoms with Crippen molar-refractivity contribution >= 4 is 11.8 Å². The normalized spacial score (nSPS) is 17.6. The van der Waals surface area contributed by atoms with E-state index in [4.69, 9.17) is 0 Å². The average molecular weight is 274 g/mol. The number of hydrogen-bond acceptors (Lipinski definition) is 2. The molecule has 0 bridgehead atoms. The molecule has 2 rings (SSSR count). The number of benzene rings is 1. The number of carbonyl (C=O) groups is 2. The molecule has 0 aliphatic heterocycles. The molecule has 1 N–H and O–H groups in total. The third kappa shape index (κ3) is 4.19. The second-order valence-electron chi connectivity index (χ2n) is 5.73. The third-order valence-electron chi connectivity index (χ3n) is 4.18. The number of carboxylic acid groups (broad SMARTS) is 1. The topological polar surface area (TPSA) is 54.4 Å². The molecule has 1 aliphatic carbocycles. The minimum Gasteiger partial charge on any atom is -0.481 e. The largest absolute Gasteiger partial charge is 0.481 e. The van der Waals surface area contributed by atoms with Crippen LogP contribution in [0.2, 0.25) is 0 Å². The van der Waals surface area contributed by atoms with Crippen molar-refractivity contribution in [3.05, 3.63) is 35.9 Å². The molecule has 1 unspecified atom stereocenters. The molecule has 0 saturated heterocycles. The molecule has 1 fully saturated rings. The Kier molecular flexibility index (Phi) is 5.33. The summed E-state index contributed by atoms with van der Waals surface area (Å²) in [5.74, 6) is -1.21.